The third-order valence-corrected chi connectivity index (χ3v) is 2.79. The van der Waals surface area contributed by atoms with Crippen LogP contribution in [0.1, 0.15) is 21.5 Å². The van der Waals surface area contributed by atoms with Crippen LogP contribution in [0.25, 0.3) is 0 Å². The Hall–Kier alpha value is -1.62. The number of carboxylic acids is 1. The summed E-state index contributed by atoms with van der Waals surface area (Å²) in [5, 5.41) is 8.83. The molecule has 2 rings (SSSR count). The zero-order valence-corrected chi connectivity index (χ0v) is 13.8. The Morgan fingerprint density at radius 1 is 0.952 bits per heavy atom. The fourth-order valence-electron chi connectivity index (χ4n) is 1.84. The largest absolute Gasteiger partial charge is 0.481 e. The molecule has 5 heteroatoms. The first-order chi connectivity index (χ1) is 9.66. The van der Waals surface area contributed by atoms with Gasteiger partial charge in [-0.2, -0.15) is 0 Å². The number of carbonyl (C=O) groups is 2. The monoisotopic (exact) mass is 293 g/mol. The number of benzene rings is 2. The van der Waals surface area contributed by atoms with Crippen molar-refractivity contribution >= 4 is 41.5 Å². The second kappa shape index (κ2) is 8.62. The molecule has 2 aromatic carbocycles. The molecule has 0 fully saturated rings. The van der Waals surface area contributed by atoms with Gasteiger partial charge in [0.25, 0.3) is 0 Å². The molecule has 0 aliphatic carbocycles. The molecule has 0 aliphatic rings. The Bertz CT molecular complexity index is 611. The first-order valence-corrected chi connectivity index (χ1v) is 6.17. The van der Waals surface area contributed by atoms with Crippen molar-refractivity contribution in [2.45, 2.75) is 13.0 Å². The summed E-state index contributed by atoms with van der Waals surface area (Å²) in [4.78, 5) is 22.8. The molecular formula is C16H14NaO4. The Kier molecular flexibility index (Phi) is 7.15. The summed E-state index contributed by atoms with van der Waals surface area (Å²) < 4.78 is 5.20. The second-order valence-electron chi connectivity index (χ2n) is 4.29. The molecule has 0 heterocycles. The molecule has 1 N–H and O–H groups in total. The van der Waals surface area contributed by atoms with E-state index in [4.69, 9.17) is 9.84 Å². The van der Waals surface area contributed by atoms with Gasteiger partial charge in [-0.1, -0.05) is 48.5 Å². The molecule has 1 radical (unpaired) electrons. The Labute approximate surface area is 145 Å². The molecule has 2 aromatic rings. The van der Waals surface area contributed by atoms with Crippen molar-refractivity contribution in [3.8, 4) is 0 Å². The van der Waals surface area contributed by atoms with Crippen molar-refractivity contribution in [1.82, 2.24) is 0 Å². The zero-order chi connectivity index (χ0) is 14.4. The molecule has 4 nitrogen and oxygen atoms in total. The van der Waals surface area contributed by atoms with Gasteiger partial charge in [0.1, 0.15) is 6.61 Å². The van der Waals surface area contributed by atoms with E-state index in [0.29, 0.717) is 11.1 Å². The van der Waals surface area contributed by atoms with Crippen LogP contribution in [0.15, 0.2) is 54.6 Å². The smallest absolute Gasteiger partial charge is 0.338 e. The van der Waals surface area contributed by atoms with Gasteiger partial charge in [-0.05, 0) is 17.2 Å². The summed E-state index contributed by atoms with van der Waals surface area (Å²) in [6.45, 7) is 0.168. The van der Waals surface area contributed by atoms with Crippen LogP contribution in [0, 0.1) is 0 Å². The van der Waals surface area contributed by atoms with Gasteiger partial charge < -0.3 is 9.84 Å². The maximum atomic E-state index is 12.0. The van der Waals surface area contributed by atoms with E-state index in [1.807, 2.05) is 30.3 Å². The van der Waals surface area contributed by atoms with E-state index in [9.17, 15) is 9.59 Å². The van der Waals surface area contributed by atoms with Crippen molar-refractivity contribution in [1.29, 1.82) is 0 Å². The molecule has 103 valence electrons. The van der Waals surface area contributed by atoms with E-state index >= 15 is 0 Å². The van der Waals surface area contributed by atoms with E-state index in [1.165, 1.54) is 0 Å². The normalized spacial score (nSPS) is 9.52. The Balaban J connectivity index is 0.00000220. The van der Waals surface area contributed by atoms with Crippen LogP contribution < -0.4 is 0 Å². The number of hydrogen-bond acceptors (Lipinski definition) is 3. The Morgan fingerprint density at radius 3 is 2.24 bits per heavy atom. The SMILES string of the molecule is O=C(O)Cc1ccccc1C(=O)OCc1ccccc1.[Na]. The average molecular weight is 293 g/mol. The van der Waals surface area contributed by atoms with Gasteiger partial charge in [0.2, 0.25) is 0 Å². The molecule has 0 spiro atoms. The van der Waals surface area contributed by atoms with Gasteiger partial charge in [-0.15, -0.1) is 0 Å². The van der Waals surface area contributed by atoms with E-state index < -0.39 is 11.9 Å². The number of carbonyl (C=O) groups excluding carboxylic acids is 1. The van der Waals surface area contributed by atoms with Crippen LogP contribution in [-0.2, 0) is 22.6 Å². The quantitative estimate of drug-likeness (QED) is 0.678. The zero-order valence-electron chi connectivity index (χ0n) is 11.8. The maximum absolute atomic E-state index is 12.0. The minimum absolute atomic E-state index is 0. The molecule has 21 heavy (non-hydrogen) atoms. The summed E-state index contributed by atoms with van der Waals surface area (Å²) in [5.41, 5.74) is 1.64. The van der Waals surface area contributed by atoms with Gasteiger partial charge in [-0.25, -0.2) is 4.79 Å². The fraction of sp³-hybridized carbons (Fsp3) is 0.125. The molecule has 0 atom stereocenters. The van der Waals surface area contributed by atoms with E-state index in [1.54, 1.807) is 24.3 Å². The van der Waals surface area contributed by atoms with Gasteiger partial charge in [0.05, 0.1) is 12.0 Å². The molecule has 0 unspecified atom stereocenters. The standard InChI is InChI=1S/C16H14O4.Na/c17-15(18)10-13-8-4-5-9-14(13)16(19)20-11-12-6-2-1-3-7-12;/h1-9H,10-11H2,(H,17,18);. The predicted molar refractivity (Wildman–Crippen MR) is 79.1 cm³/mol. The number of carboxylic acid groups (broad SMARTS) is 1. The van der Waals surface area contributed by atoms with Gasteiger partial charge in [0, 0.05) is 29.6 Å². The number of esters is 1. The molecular weight excluding hydrogens is 279 g/mol. The van der Waals surface area contributed by atoms with E-state index in [2.05, 4.69) is 0 Å². The van der Waals surface area contributed by atoms with Crippen molar-refractivity contribution in [2.75, 3.05) is 0 Å². The minimum atomic E-state index is -0.978. The number of aliphatic carboxylic acids is 1. The van der Waals surface area contributed by atoms with Crippen LogP contribution in [0.4, 0.5) is 0 Å². The molecule has 0 aromatic heterocycles. The first-order valence-electron chi connectivity index (χ1n) is 6.17. The van der Waals surface area contributed by atoms with Crippen LogP contribution in [0.5, 0.6) is 0 Å². The van der Waals surface area contributed by atoms with E-state index in [-0.39, 0.29) is 42.6 Å². The molecule has 0 saturated carbocycles. The third-order valence-electron chi connectivity index (χ3n) is 2.79. The topological polar surface area (TPSA) is 63.6 Å². The van der Waals surface area contributed by atoms with Crippen molar-refractivity contribution in [3.63, 3.8) is 0 Å². The second-order valence-corrected chi connectivity index (χ2v) is 4.29. The van der Waals surface area contributed by atoms with Crippen molar-refractivity contribution in [2.24, 2.45) is 0 Å². The van der Waals surface area contributed by atoms with Gasteiger partial charge in [0.15, 0.2) is 0 Å². The summed E-state index contributed by atoms with van der Waals surface area (Å²) in [6, 6.07) is 15.9. The summed E-state index contributed by atoms with van der Waals surface area (Å²) in [5.74, 6) is -1.49. The fourth-order valence-corrected chi connectivity index (χ4v) is 1.84. The summed E-state index contributed by atoms with van der Waals surface area (Å²) >= 11 is 0. The number of rotatable bonds is 5. The van der Waals surface area contributed by atoms with Gasteiger partial charge in [-0.3, -0.25) is 4.79 Å². The minimum Gasteiger partial charge on any atom is -0.481 e. The maximum Gasteiger partial charge on any atom is 0.338 e. The average Bonchev–Trinajstić information content (AvgIpc) is 2.46. The van der Waals surface area contributed by atoms with E-state index in [0.717, 1.165) is 5.56 Å². The van der Waals surface area contributed by atoms with Crippen molar-refractivity contribution in [3.05, 3.63) is 71.3 Å². The molecule has 0 aliphatic heterocycles. The number of ether oxygens (including phenoxy) is 1. The summed E-state index contributed by atoms with van der Waals surface area (Å²) in [7, 11) is 0. The van der Waals surface area contributed by atoms with Crippen LogP contribution in [0.2, 0.25) is 0 Å². The Morgan fingerprint density at radius 2 is 1.57 bits per heavy atom. The summed E-state index contributed by atoms with van der Waals surface area (Å²) in [6.07, 6.45) is -0.198. The molecule has 0 saturated heterocycles. The predicted octanol–water partition coefficient (Wildman–Crippen LogP) is 2.29. The van der Waals surface area contributed by atoms with Crippen LogP contribution in [-0.4, -0.2) is 46.6 Å². The van der Waals surface area contributed by atoms with Gasteiger partial charge >= 0.3 is 11.9 Å². The molecule has 0 amide bonds. The van der Waals surface area contributed by atoms with Crippen LogP contribution >= 0.6 is 0 Å². The third kappa shape index (κ3) is 5.34. The number of hydrogen-bond donors (Lipinski definition) is 1. The van der Waals surface area contributed by atoms with Crippen LogP contribution in [0.3, 0.4) is 0 Å². The van der Waals surface area contributed by atoms with Crippen molar-refractivity contribution < 1.29 is 19.4 Å². The first kappa shape index (κ1) is 17.4. The molecule has 0 bridgehead atoms.